The van der Waals surface area contributed by atoms with E-state index in [1.54, 1.807) is 0 Å². The molecule has 0 aromatic heterocycles. The molecule has 0 aliphatic carbocycles. The maximum absolute atomic E-state index is 11.7. The van der Waals surface area contributed by atoms with Gasteiger partial charge in [0.25, 0.3) is 0 Å². The van der Waals surface area contributed by atoms with E-state index in [9.17, 15) is 4.79 Å². The Kier molecular flexibility index (Phi) is 6.05. The third kappa shape index (κ3) is 5.80. The largest absolute Gasteiger partial charge is 0.379 e. The third-order valence-electron chi connectivity index (χ3n) is 3.37. The number of carbonyl (C=O) groups excluding carboxylic acids is 1. The molecule has 1 saturated heterocycles. The van der Waals surface area contributed by atoms with Crippen LogP contribution in [0.2, 0.25) is 0 Å². The van der Waals surface area contributed by atoms with Crippen LogP contribution in [0.3, 0.4) is 0 Å². The van der Waals surface area contributed by atoms with E-state index in [1.807, 2.05) is 0 Å². The average molecular weight is 257 g/mol. The summed E-state index contributed by atoms with van der Waals surface area (Å²) in [6.45, 7) is 11.2. The molecule has 18 heavy (non-hydrogen) atoms. The molecule has 0 aromatic carbocycles. The second-order valence-corrected chi connectivity index (χ2v) is 5.98. The summed E-state index contributed by atoms with van der Waals surface area (Å²) in [6.07, 6.45) is 0.395. The standard InChI is InChI=1S/C13H27N3O2/c1-13(2,3)11(14)10-12(17)15-4-5-16-6-8-18-9-7-16/h11H,4-10,14H2,1-3H3,(H,15,17). The highest BCUT2D eigenvalue weighted by Crippen LogP contribution is 2.19. The van der Waals surface area contributed by atoms with E-state index in [0.717, 1.165) is 32.8 Å². The minimum Gasteiger partial charge on any atom is -0.379 e. The molecular formula is C13H27N3O2. The first-order valence-electron chi connectivity index (χ1n) is 6.72. The van der Waals surface area contributed by atoms with Gasteiger partial charge in [-0.1, -0.05) is 20.8 Å². The van der Waals surface area contributed by atoms with Crippen LogP contribution in [0.1, 0.15) is 27.2 Å². The fraction of sp³-hybridized carbons (Fsp3) is 0.923. The van der Waals surface area contributed by atoms with Crippen LogP contribution in [0.25, 0.3) is 0 Å². The van der Waals surface area contributed by atoms with Crippen LogP contribution in [0.5, 0.6) is 0 Å². The van der Waals surface area contributed by atoms with Crippen molar-refractivity contribution >= 4 is 5.91 Å². The van der Waals surface area contributed by atoms with Gasteiger partial charge in [0.1, 0.15) is 0 Å². The fourth-order valence-electron chi connectivity index (χ4n) is 1.76. The molecule has 0 spiro atoms. The van der Waals surface area contributed by atoms with E-state index in [2.05, 4.69) is 31.0 Å². The summed E-state index contributed by atoms with van der Waals surface area (Å²) < 4.78 is 5.27. The molecule has 1 amide bonds. The van der Waals surface area contributed by atoms with Crippen LogP contribution in [-0.4, -0.2) is 56.2 Å². The molecule has 0 saturated carbocycles. The van der Waals surface area contributed by atoms with Gasteiger partial charge >= 0.3 is 0 Å². The van der Waals surface area contributed by atoms with E-state index in [1.165, 1.54) is 0 Å². The Morgan fingerprint density at radius 1 is 1.39 bits per heavy atom. The lowest BCUT2D eigenvalue weighted by Gasteiger charge is -2.28. The number of nitrogens with two attached hydrogens (primary N) is 1. The van der Waals surface area contributed by atoms with Crippen molar-refractivity contribution in [2.24, 2.45) is 11.1 Å². The summed E-state index contributed by atoms with van der Waals surface area (Å²) in [7, 11) is 0. The number of rotatable bonds is 5. The monoisotopic (exact) mass is 257 g/mol. The predicted octanol–water partition coefficient (Wildman–Crippen LogP) is 0.198. The topological polar surface area (TPSA) is 67.6 Å². The summed E-state index contributed by atoms with van der Waals surface area (Å²) in [5.74, 6) is 0.0469. The number of hydrogen-bond acceptors (Lipinski definition) is 4. The van der Waals surface area contributed by atoms with E-state index < -0.39 is 0 Å². The van der Waals surface area contributed by atoms with Gasteiger partial charge in [0.05, 0.1) is 13.2 Å². The Labute approximate surface area is 110 Å². The molecule has 0 bridgehead atoms. The summed E-state index contributed by atoms with van der Waals surface area (Å²) in [5.41, 5.74) is 5.95. The summed E-state index contributed by atoms with van der Waals surface area (Å²) in [5, 5.41) is 2.93. The molecule has 1 aliphatic rings. The number of hydrogen-bond donors (Lipinski definition) is 2. The Hall–Kier alpha value is -0.650. The number of amides is 1. The van der Waals surface area contributed by atoms with Crippen molar-refractivity contribution in [2.45, 2.75) is 33.2 Å². The predicted molar refractivity (Wildman–Crippen MR) is 72.3 cm³/mol. The van der Waals surface area contributed by atoms with E-state index in [-0.39, 0.29) is 17.4 Å². The molecule has 1 atom stereocenters. The zero-order valence-electron chi connectivity index (χ0n) is 11.9. The fourth-order valence-corrected chi connectivity index (χ4v) is 1.76. The lowest BCUT2D eigenvalue weighted by Crippen LogP contribution is -2.43. The number of nitrogens with zero attached hydrogens (tertiary/aromatic N) is 1. The maximum Gasteiger partial charge on any atom is 0.221 e. The highest BCUT2D eigenvalue weighted by atomic mass is 16.5. The lowest BCUT2D eigenvalue weighted by molar-refractivity contribution is -0.122. The van der Waals surface area contributed by atoms with Gasteiger partial charge in [0, 0.05) is 38.6 Å². The Bertz CT molecular complexity index is 257. The number of morpholine rings is 1. The number of carbonyl (C=O) groups is 1. The summed E-state index contributed by atoms with van der Waals surface area (Å²) in [4.78, 5) is 14.0. The van der Waals surface area contributed by atoms with Crippen molar-refractivity contribution < 1.29 is 9.53 Å². The minimum absolute atomic E-state index is 0.0262. The molecule has 1 rings (SSSR count). The summed E-state index contributed by atoms with van der Waals surface area (Å²) >= 11 is 0. The first kappa shape index (κ1) is 15.4. The second-order valence-electron chi connectivity index (χ2n) is 5.98. The highest BCUT2D eigenvalue weighted by Gasteiger charge is 2.23. The quantitative estimate of drug-likeness (QED) is 0.738. The molecule has 1 fully saturated rings. The molecule has 1 heterocycles. The molecule has 5 heteroatoms. The van der Waals surface area contributed by atoms with Crippen LogP contribution in [0.15, 0.2) is 0 Å². The van der Waals surface area contributed by atoms with Gasteiger partial charge in [0.2, 0.25) is 5.91 Å². The van der Waals surface area contributed by atoms with Gasteiger partial charge in [-0.15, -0.1) is 0 Å². The van der Waals surface area contributed by atoms with E-state index in [0.29, 0.717) is 13.0 Å². The van der Waals surface area contributed by atoms with Crippen molar-refractivity contribution in [3.8, 4) is 0 Å². The SMILES string of the molecule is CC(C)(C)C(N)CC(=O)NCCN1CCOCC1. The molecule has 1 unspecified atom stereocenters. The smallest absolute Gasteiger partial charge is 0.221 e. The van der Waals surface area contributed by atoms with Crippen LogP contribution < -0.4 is 11.1 Å². The Morgan fingerprint density at radius 2 is 2.00 bits per heavy atom. The molecule has 1 aliphatic heterocycles. The van der Waals surface area contributed by atoms with Crippen LogP contribution in [-0.2, 0) is 9.53 Å². The van der Waals surface area contributed by atoms with Crippen LogP contribution in [0.4, 0.5) is 0 Å². The minimum atomic E-state index is -0.0964. The zero-order chi connectivity index (χ0) is 13.6. The summed E-state index contributed by atoms with van der Waals surface area (Å²) in [6, 6.07) is -0.0964. The zero-order valence-corrected chi connectivity index (χ0v) is 11.9. The van der Waals surface area contributed by atoms with Crippen molar-refractivity contribution in [1.82, 2.24) is 10.2 Å². The first-order chi connectivity index (χ1) is 8.39. The normalized spacial score (nSPS) is 19.6. The molecular weight excluding hydrogens is 230 g/mol. The van der Waals surface area contributed by atoms with E-state index in [4.69, 9.17) is 10.5 Å². The van der Waals surface area contributed by atoms with Gasteiger partial charge in [-0.05, 0) is 5.41 Å². The highest BCUT2D eigenvalue weighted by molar-refractivity contribution is 5.76. The number of nitrogens with one attached hydrogen (secondary N) is 1. The Balaban J connectivity index is 2.13. The van der Waals surface area contributed by atoms with Crippen LogP contribution >= 0.6 is 0 Å². The van der Waals surface area contributed by atoms with Crippen molar-refractivity contribution in [3.05, 3.63) is 0 Å². The van der Waals surface area contributed by atoms with Gasteiger partial charge in [0.15, 0.2) is 0 Å². The van der Waals surface area contributed by atoms with Crippen molar-refractivity contribution in [2.75, 3.05) is 39.4 Å². The lowest BCUT2D eigenvalue weighted by atomic mass is 9.85. The first-order valence-corrected chi connectivity index (χ1v) is 6.72. The van der Waals surface area contributed by atoms with Gasteiger partial charge in [-0.25, -0.2) is 0 Å². The third-order valence-corrected chi connectivity index (χ3v) is 3.37. The van der Waals surface area contributed by atoms with Gasteiger partial charge in [-0.2, -0.15) is 0 Å². The molecule has 0 radical (unpaired) electrons. The van der Waals surface area contributed by atoms with Gasteiger partial charge < -0.3 is 15.8 Å². The molecule has 106 valence electrons. The second kappa shape index (κ2) is 7.07. The number of ether oxygens (including phenoxy) is 1. The molecule has 5 nitrogen and oxygen atoms in total. The molecule has 0 aromatic rings. The van der Waals surface area contributed by atoms with E-state index >= 15 is 0 Å². The van der Waals surface area contributed by atoms with Crippen LogP contribution in [0, 0.1) is 5.41 Å². The molecule has 3 N–H and O–H groups in total. The maximum atomic E-state index is 11.7. The average Bonchev–Trinajstić information content (AvgIpc) is 2.29. The van der Waals surface area contributed by atoms with Crippen molar-refractivity contribution in [3.63, 3.8) is 0 Å². The Morgan fingerprint density at radius 3 is 2.56 bits per heavy atom. The van der Waals surface area contributed by atoms with Gasteiger partial charge in [-0.3, -0.25) is 9.69 Å². The van der Waals surface area contributed by atoms with Crippen molar-refractivity contribution in [1.29, 1.82) is 0 Å².